The molecule has 6 nitrogen and oxygen atoms in total. The second-order valence-electron chi connectivity index (χ2n) is 5.19. The van der Waals surface area contributed by atoms with Crippen LogP contribution in [0, 0.1) is 0 Å². The van der Waals surface area contributed by atoms with Crippen LogP contribution in [0.25, 0.3) is 10.9 Å². The van der Waals surface area contributed by atoms with Crippen molar-refractivity contribution in [3.8, 4) is 0 Å². The van der Waals surface area contributed by atoms with Crippen LogP contribution < -0.4 is 10.3 Å². The maximum absolute atomic E-state index is 12.3. The molecular weight excluding hydrogens is 350 g/mol. The van der Waals surface area contributed by atoms with E-state index in [4.69, 9.17) is 11.6 Å². The minimum absolute atomic E-state index is 0.0563. The first kappa shape index (κ1) is 16.6. The zero-order valence-electron chi connectivity index (χ0n) is 12.7. The first-order valence-corrected chi connectivity index (χ1v) is 8.94. The fourth-order valence-corrected chi connectivity index (χ4v) is 3.58. The molecule has 0 aliphatic heterocycles. The van der Waals surface area contributed by atoms with Crippen LogP contribution in [0.1, 0.15) is 5.82 Å². The normalized spacial score (nSPS) is 11.8. The quantitative estimate of drug-likeness (QED) is 0.769. The number of aromatic nitrogens is 2. The van der Waals surface area contributed by atoms with E-state index in [2.05, 4.69) is 9.71 Å². The van der Waals surface area contributed by atoms with Crippen molar-refractivity contribution in [3.05, 3.63) is 69.7 Å². The monoisotopic (exact) mass is 363 g/mol. The Morgan fingerprint density at radius 2 is 1.92 bits per heavy atom. The lowest BCUT2D eigenvalue weighted by Crippen LogP contribution is -2.29. The molecule has 1 N–H and O–H groups in total. The van der Waals surface area contributed by atoms with Gasteiger partial charge in [-0.1, -0.05) is 29.8 Å². The number of halogens is 1. The van der Waals surface area contributed by atoms with Gasteiger partial charge >= 0.3 is 0 Å². The fourth-order valence-electron chi connectivity index (χ4n) is 2.30. The Labute approximate surface area is 143 Å². The number of sulfonamides is 1. The zero-order chi connectivity index (χ0) is 17.3. The predicted molar refractivity (Wildman–Crippen MR) is 92.5 cm³/mol. The molecule has 0 aliphatic carbocycles. The highest BCUT2D eigenvalue weighted by Gasteiger charge is 2.16. The van der Waals surface area contributed by atoms with Gasteiger partial charge in [0.1, 0.15) is 5.82 Å². The van der Waals surface area contributed by atoms with Crippen molar-refractivity contribution in [2.24, 2.45) is 7.05 Å². The van der Waals surface area contributed by atoms with E-state index >= 15 is 0 Å². The van der Waals surface area contributed by atoms with Crippen LogP contribution in [0.4, 0.5) is 0 Å². The van der Waals surface area contributed by atoms with Gasteiger partial charge in [0, 0.05) is 12.1 Å². The molecule has 0 fully saturated rings. The van der Waals surface area contributed by atoms with E-state index in [1.807, 2.05) is 0 Å². The minimum Gasteiger partial charge on any atom is -0.298 e. The van der Waals surface area contributed by atoms with E-state index in [0.717, 1.165) is 0 Å². The third-order valence-electron chi connectivity index (χ3n) is 3.60. The third kappa shape index (κ3) is 3.19. The van der Waals surface area contributed by atoms with Gasteiger partial charge in [0.2, 0.25) is 10.0 Å². The molecule has 0 unspecified atom stereocenters. The topological polar surface area (TPSA) is 81.1 Å². The Kier molecular flexibility index (Phi) is 4.40. The molecule has 124 valence electrons. The highest BCUT2D eigenvalue weighted by molar-refractivity contribution is 7.89. The van der Waals surface area contributed by atoms with Crippen LogP contribution in [0.5, 0.6) is 0 Å². The largest absolute Gasteiger partial charge is 0.298 e. The number of hydrogen-bond donors (Lipinski definition) is 1. The SMILES string of the molecule is Cn1c(CNS(=O)(=O)c2cccc(Cl)c2)nc2ccccc2c1=O. The summed E-state index contributed by atoms with van der Waals surface area (Å²) < 4.78 is 28.4. The summed E-state index contributed by atoms with van der Waals surface area (Å²) in [7, 11) is -2.19. The van der Waals surface area contributed by atoms with Crippen LogP contribution in [0.3, 0.4) is 0 Å². The van der Waals surface area contributed by atoms with E-state index in [1.54, 1.807) is 43.4 Å². The van der Waals surface area contributed by atoms with E-state index in [9.17, 15) is 13.2 Å². The predicted octanol–water partition coefficient (Wildman–Crippen LogP) is 2.07. The molecule has 0 spiro atoms. The maximum Gasteiger partial charge on any atom is 0.261 e. The summed E-state index contributed by atoms with van der Waals surface area (Å²) in [5.74, 6) is 0.323. The van der Waals surface area contributed by atoms with E-state index in [0.29, 0.717) is 21.7 Å². The summed E-state index contributed by atoms with van der Waals surface area (Å²) in [5, 5.41) is 0.815. The van der Waals surface area contributed by atoms with Crippen LogP contribution in [-0.2, 0) is 23.6 Å². The lowest BCUT2D eigenvalue weighted by molar-refractivity contribution is 0.576. The molecule has 0 radical (unpaired) electrons. The van der Waals surface area contributed by atoms with Crippen molar-refractivity contribution in [1.29, 1.82) is 0 Å². The Balaban J connectivity index is 1.93. The van der Waals surface area contributed by atoms with Crippen molar-refractivity contribution >= 4 is 32.5 Å². The number of benzene rings is 2. The molecule has 0 bridgehead atoms. The van der Waals surface area contributed by atoms with Crippen molar-refractivity contribution in [2.75, 3.05) is 0 Å². The average molecular weight is 364 g/mol. The molecule has 0 atom stereocenters. The van der Waals surface area contributed by atoms with Gasteiger partial charge in [0.05, 0.1) is 22.3 Å². The van der Waals surface area contributed by atoms with Gasteiger partial charge in [-0.3, -0.25) is 9.36 Å². The fraction of sp³-hybridized carbons (Fsp3) is 0.125. The number of nitrogens with one attached hydrogen (secondary N) is 1. The van der Waals surface area contributed by atoms with Gasteiger partial charge in [0.25, 0.3) is 5.56 Å². The standard InChI is InChI=1S/C16H14ClN3O3S/c1-20-15(19-14-8-3-2-7-13(14)16(20)21)10-18-24(22,23)12-6-4-5-11(17)9-12/h2-9,18H,10H2,1H3. The first-order chi connectivity index (χ1) is 11.4. The van der Waals surface area contributed by atoms with Crippen LogP contribution >= 0.6 is 11.6 Å². The molecular formula is C16H14ClN3O3S. The summed E-state index contributed by atoms with van der Waals surface area (Å²) in [6.45, 7) is -0.106. The molecule has 0 amide bonds. The minimum atomic E-state index is -3.75. The number of hydrogen-bond acceptors (Lipinski definition) is 4. The summed E-state index contributed by atoms with van der Waals surface area (Å²) in [5.41, 5.74) is 0.301. The smallest absolute Gasteiger partial charge is 0.261 e. The number of nitrogens with zero attached hydrogens (tertiary/aromatic N) is 2. The first-order valence-electron chi connectivity index (χ1n) is 7.08. The van der Waals surface area contributed by atoms with Crippen molar-refractivity contribution in [1.82, 2.24) is 14.3 Å². The average Bonchev–Trinajstić information content (AvgIpc) is 2.57. The summed E-state index contributed by atoms with van der Waals surface area (Å²) in [6.07, 6.45) is 0. The van der Waals surface area contributed by atoms with Gasteiger partial charge in [-0.2, -0.15) is 0 Å². The van der Waals surface area contributed by atoms with Crippen LogP contribution in [0.15, 0.2) is 58.2 Å². The number of rotatable bonds is 4. The molecule has 1 aromatic heterocycles. The van der Waals surface area contributed by atoms with Gasteiger partial charge in [-0.15, -0.1) is 0 Å². The van der Waals surface area contributed by atoms with Gasteiger partial charge in [0.15, 0.2) is 0 Å². The van der Waals surface area contributed by atoms with Crippen LogP contribution in [0.2, 0.25) is 5.02 Å². The Hall–Kier alpha value is -2.22. The van der Waals surface area contributed by atoms with Gasteiger partial charge < -0.3 is 0 Å². The second-order valence-corrected chi connectivity index (χ2v) is 7.39. The Morgan fingerprint density at radius 1 is 1.17 bits per heavy atom. The summed E-state index contributed by atoms with van der Waals surface area (Å²) >= 11 is 5.83. The molecule has 2 aromatic carbocycles. The maximum atomic E-state index is 12.3. The Bertz CT molecular complexity index is 1080. The van der Waals surface area contributed by atoms with E-state index in [1.165, 1.54) is 16.7 Å². The molecule has 3 rings (SSSR count). The molecule has 1 heterocycles. The van der Waals surface area contributed by atoms with E-state index < -0.39 is 10.0 Å². The molecule has 0 saturated heterocycles. The highest BCUT2D eigenvalue weighted by atomic mass is 35.5. The molecule has 8 heteroatoms. The molecule has 0 saturated carbocycles. The molecule has 24 heavy (non-hydrogen) atoms. The summed E-state index contributed by atoms with van der Waals surface area (Å²) in [4.78, 5) is 16.7. The van der Waals surface area contributed by atoms with E-state index in [-0.39, 0.29) is 17.0 Å². The van der Waals surface area contributed by atoms with Gasteiger partial charge in [-0.25, -0.2) is 18.1 Å². The molecule has 3 aromatic rings. The third-order valence-corrected chi connectivity index (χ3v) is 5.24. The lowest BCUT2D eigenvalue weighted by Gasteiger charge is -2.11. The number of para-hydroxylation sites is 1. The highest BCUT2D eigenvalue weighted by Crippen LogP contribution is 2.15. The zero-order valence-corrected chi connectivity index (χ0v) is 14.3. The Morgan fingerprint density at radius 3 is 2.67 bits per heavy atom. The summed E-state index contributed by atoms with van der Waals surface area (Å²) in [6, 6.07) is 12.9. The number of fused-ring (bicyclic) bond motifs is 1. The lowest BCUT2D eigenvalue weighted by atomic mass is 10.2. The van der Waals surface area contributed by atoms with Gasteiger partial charge in [-0.05, 0) is 30.3 Å². The second kappa shape index (κ2) is 6.35. The van der Waals surface area contributed by atoms with Crippen molar-refractivity contribution < 1.29 is 8.42 Å². The van der Waals surface area contributed by atoms with Crippen LogP contribution in [-0.4, -0.2) is 18.0 Å². The van der Waals surface area contributed by atoms with Crippen molar-refractivity contribution in [3.63, 3.8) is 0 Å². The molecule has 0 aliphatic rings. The van der Waals surface area contributed by atoms with Crippen molar-refractivity contribution in [2.45, 2.75) is 11.4 Å².